The summed E-state index contributed by atoms with van der Waals surface area (Å²) >= 11 is 1.14. The highest BCUT2D eigenvalue weighted by molar-refractivity contribution is 7.91. The lowest BCUT2D eigenvalue weighted by atomic mass is 10.3. The molecule has 1 rings (SSSR count). The minimum absolute atomic E-state index is 0. The van der Waals surface area contributed by atoms with E-state index in [0.717, 1.165) is 11.3 Å². The van der Waals surface area contributed by atoms with Crippen LogP contribution >= 0.6 is 23.7 Å². The van der Waals surface area contributed by atoms with Crippen LogP contribution in [0.15, 0.2) is 21.7 Å². The number of hydrogen-bond acceptors (Lipinski definition) is 5. The van der Waals surface area contributed by atoms with E-state index in [1.54, 1.807) is 18.4 Å². The second-order valence-corrected chi connectivity index (χ2v) is 6.35. The molecular weight excluding hydrogens is 298 g/mol. The predicted octanol–water partition coefficient (Wildman–Crippen LogP) is -0.0884. The number of thiophene rings is 1. The van der Waals surface area contributed by atoms with Crippen LogP contribution in [0.4, 0.5) is 0 Å². The van der Waals surface area contributed by atoms with Crippen LogP contribution in [0.2, 0.25) is 0 Å². The fourth-order valence-electron chi connectivity index (χ4n) is 1.02. The molecule has 0 spiro atoms. The number of hydrogen-bond donors (Lipinski definition) is 3. The Morgan fingerprint density at radius 3 is 2.67 bits per heavy atom. The first-order chi connectivity index (χ1) is 7.93. The molecular formula is C9H16ClN3O3S2. The Labute approximate surface area is 116 Å². The van der Waals surface area contributed by atoms with E-state index in [9.17, 15) is 13.2 Å². The number of carbonyl (C=O) groups is 1. The molecule has 1 unspecified atom stereocenters. The van der Waals surface area contributed by atoms with E-state index in [2.05, 4.69) is 10.0 Å². The maximum Gasteiger partial charge on any atom is 0.250 e. The molecule has 0 bridgehead atoms. The maximum atomic E-state index is 11.6. The molecule has 9 heteroatoms. The van der Waals surface area contributed by atoms with Crippen molar-refractivity contribution in [3.8, 4) is 0 Å². The van der Waals surface area contributed by atoms with E-state index >= 15 is 0 Å². The predicted molar refractivity (Wildman–Crippen MR) is 73.4 cm³/mol. The second-order valence-electron chi connectivity index (χ2n) is 3.41. The van der Waals surface area contributed by atoms with Gasteiger partial charge in [-0.2, -0.15) is 0 Å². The molecule has 1 atom stereocenters. The molecule has 0 aliphatic rings. The summed E-state index contributed by atoms with van der Waals surface area (Å²) in [6.07, 6.45) is 0. The van der Waals surface area contributed by atoms with Crippen molar-refractivity contribution in [3.63, 3.8) is 0 Å². The average Bonchev–Trinajstić information content (AvgIpc) is 2.77. The average molecular weight is 314 g/mol. The van der Waals surface area contributed by atoms with E-state index in [0.29, 0.717) is 0 Å². The highest BCUT2D eigenvalue weighted by atomic mass is 35.5. The molecule has 0 aromatic carbocycles. The first kappa shape index (κ1) is 17.3. The monoisotopic (exact) mass is 313 g/mol. The summed E-state index contributed by atoms with van der Waals surface area (Å²) in [7, 11) is -3.45. The Morgan fingerprint density at radius 2 is 2.17 bits per heavy atom. The quantitative estimate of drug-likeness (QED) is 0.639. The molecule has 0 fully saturated rings. The van der Waals surface area contributed by atoms with Gasteiger partial charge in [0.1, 0.15) is 4.21 Å². The number of sulfonamides is 1. The summed E-state index contributed by atoms with van der Waals surface area (Å²) in [6, 6.07) is 2.59. The number of rotatable bonds is 6. The fraction of sp³-hybridized carbons (Fsp3) is 0.444. The smallest absolute Gasteiger partial charge is 0.250 e. The van der Waals surface area contributed by atoms with Crippen molar-refractivity contribution in [2.45, 2.75) is 17.2 Å². The largest absolute Gasteiger partial charge is 0.353 e. The molecule has 1 heterocycles. The third-order valence-electron chi connectivity index (χ3n) is 1.89. The molecule has 1 aromatic rings. The molecule has 18 heavy (non-hydrogen) atoms. The Balaban J connectivity index is 0.00000289. The van der Waals surface area contributed by atoms with Gasteiger partial charge >= 0.3 is 0 Å². The minimum atomic E-state index is -3.45. The van der Waals surface area contributed by atoms with Crippen molar-refractivity contribution in [3.05, 3.63) is 17.5 Å². The van der Waals surface area contributed by atoms with Gasteiger partial charge in [-0.05, 0) is 18.4 Å². The zero-order chi connectivity index (χ0) is 12.9. The summed E-state index contributed by atoms with van der Waals surface area (Å²) < 4.78 is 25.9. The van der Waals surface area contributed by atoms with E-state index < -0.39 is 16.1 Å². The number of halogens is 1. The lowest BCUT2D eigenvalue weighted by Gasteiger charge is -2.08. The maximum absolute atomic E-state index is 11.6. The topological polar surface area (TPSA) is 101 Å². The summed E-state index contributed by atoms with van der Waals surface area (Å²) in [5.41, 5.74) is 5.33. The molecule has 1 aromatic heterocycles. The van der Waals surface area contributed by atoms with E-state index in [1.807, 2.05) is 0 Å². The van der Waals surface area contributed by atoms with Crippen LogP contribution in [-0.2, 0) is 14.8 Å². The van der Waals surface area contributed by atoms with Gasteiger partial charge in [-0.1, -0.05) is 6.07 Å². The normalized spacial score (nSPS) is 12.6. The van der Waals surface area contributed by atoms with Crippen LogP contribution in [0.3, 0.4) is 0 Å². The Kier molecular flexibility index (Phi) is 7.41. The van der Waals surface area contributed by atoms with E-state index in [1.165, 1.54) is 6.07 Å². The van der Waals surface area contributed by atoms with Crippen molar-refractivity contribution in [2.24, 2.45) is 5.73 Å². The molecule has 0 aliphatic carbocycles. The molecule has 6 nitrogen and oxygen atoms in total. The molecule has 104 valence electrons. The minimum Gasteiger partial charge on any atom is -0.353 e. The van der Waals surface area contributed by atoms with Crippen molar-refractivity contribution < 1.29 is 13.2 Å². The van der Waals surface area contributed by atoms with Gasteiger partial charge in [0.15, 0.2) is 0 Å². The summed E-state index contributed by atoms with van der Waals surface area (Å²) in [6.45, 7) is 1.91. The highest BCUT2D eigenvalue weighted by Gasteiger charge is 2.14. The zero-order valence-electron chi connectivity index (χ0n) is 9.75. The van der Waals surface area contributed by atoms with Crippen molar-refractivity contribution in [2.75, 3.05) is 13.1 Å². The Hall–Kier alpha value is -0.670. The van der Waals surface area contributed by atoms with Gasteiger partial charge in [0, 0.05) is 13.1 Å². The van der Waals surface area contributed by atoms with Crippen LogP contribution in [0.5, 0.6) is 0 Å². The van der Waals surface area contributed by atoms with Crippen LogP contribution in [0, 0.1) is 0 Å². The zero-order valence-corrected chi connectivity index (χ0v) is 12.2. The van der Waals surface area contributed by atoms with Crippen molar-refractivity contribution >= 4 is 39.7 Å². The van der Waals surface area contributed by atoms with Gasteiger partial charge in [0.25, 0.3) is 0 Å². The van der Waals surface area contributed by atoms with Crippen molar-refractivity contribution in [1.29, 1.82) is 0 Å². The van der Waals surface area contributed by atoms with Gasteiger partial charge in [-0.25, -0.2) is 13.1 Å². The lowest BCUT2D eigenvalue weighted by molar-refractivity contribution is -0.121. The SMILES string of the molecule is CC(N)C(=O)NCCNS(=O)(=O)c1cccs1.Cl. The first-order valence-corrected chi connectivity index (χ1v) is 7.36. The van der Waals surface area contributed by atoms with Gasteiger partial charge in [0.2, 0.25) is 15.9 Å². The molecule has 0 aliphatic heterocycles. The molecule has 1 amide bonds. The fourth-order valence-corrected chi connectivity index (χ4v) is 3.09. The number of amides is 1. The van der Waals surface area contributed by atoms with Crippen LogP contribution in [0.25, 0.3) is 0 Å². The summed E-state index contributed by atoms with van der Waals surface area (Å²) in [5, 5.41) is 4.20. The Bertz CT molecular complexity index is 459. The van der Waals surface area contributed by atoms with E-state index in [-0.39, 0.29) is 35.6 Å². The van der Waals surface area contributed by atoms with Crippen LogP contribution < -0.4 is 15.8 Å². The summed E-state index contributed by atoms with van der Waals surface area (Å²) in [5.74, 6) is -0.305. The molecule has 0 saturated carbocycles. The van der Waals surface area contributed by atoms with Crippen LogP contribution in [0.1, 0.15) is 6.92 Å². The van der Waals surface area contributed by atoms with Crippen LogP contribution in [-0.4, -0.2) is 33.5 Å². The number of nitrogens with one attached hydrogen (secondary N) is 2. The summed E-state index contributed by atoms with van der Waals surface area (Å²) in [4.78, 5) is 11.1. The van der Waals surface area contributed by atoms with Gasteiger partial charge in [0.05, 0.1) is 6.04 Å². The second kappa shape index (κ2) is 7.70. The third-order valence-corrected chi connectivity index (χ3v) is 4.75. The Morgan fingerprint density at radius 1 is 1.50 bits per heavy atom. The van der Waals surface area contributed by atoms with Gasteiger partial charge in [-0.15, -0.1) is 23.7 Å². The molecule has 0 radical (unpaired) electrons. The first-order valence-electron chi connectivity index (χ1n) is 5.00. The van der Waals surface area contributed by atoms with Gasteiger partial charge < -0.3 is 11.1 Å². The van der Waals surface area contributed by atoms with E-state index in [4.69, 9.17) is 5.73 Å². The van der Waals surface area contributed by atoms with Crippen molar-refractivity contribution in [1.82, 2.24) is 10.0 Å². The lowest BCUT2D eigenvalue weighted by Crippen LogP contribution is -2.41. The molecule has 0 saturated heterocycles. The standard InChI is InChI=1S/C9H15N3O3S2.ClH/c1-7(10)9(13)11-4-5-12-17(14,15)8-3-2-6-16-8;/h2-3,6-7,12H,4-5,10H2,1H3,(H,11,13);1H. The number of nitrogens with two attached hydrogens (primary N) is 1. The highest BCUT2D eigenvalue weighted by Crippen LogP contribution is 2.14. The number of carbonyl (C=O) groups excluding carboxylic acids is 1. The third kappa shape index (κ3) is 5.32. The van der Waals surface area contributed by atoms with Gasteiger partial charge in [-0.3, -0.25) is 4.79 Å². The molecule has 4 N–H and O–H groups in total.